The van der Waals surface area contributed by atoms with E-state index in [4.69, 9.17) is 9.98 Å². The molecule has 166 valence electrons. The Labute approximate surface area is 192 Å². The molecule has 0 saturated carbocycles. The molecule has 0 spiro atoms. The Morgan fingerprint density at radius 2 is 0.875 bits per heavy atom. The second-order valence-electron chi connectivity index (χ2n) is 8.40. The van der Waals surface area contributed by atoms with E-state index < -0.39 is 0 Å². The molecule has 3 rings (SSSR count). The van der Waals surface area contributed by atoms with Crippen LogP contribution in [0.1, 0.15) is 47.2 Å². The minimum Gasteiger partial charge on any atom is -0.344 e. The molecule has 0 bridgehead atoms. The van der Waals surface area contributed by atoms with Crippen LogP contribution in [0.4, 0.5) is 11.4 Å². The monoisotopic (exact) mass is 426 g/mol. The zero-order chi connectivity index (χ0) is 23.1. The van der Waals surface area contributed by atoms with Gasteiger partial charge in [0, 0.05) is 11.4 Å². The Morgan fingerprint density at radius 3 is 1.19 bits per heavy atom. The maximum Gasteiger partial charge on any atom is 0.0979 e. The van der Waals surface area contributed by atoms with E-state index in [2.05, 4.69) is 99.0 Å². The molecule has 0 aliphatic heterocycles. The molecule has 2 N–H and O–H groups in total. The van der Waals surface area contributed by atoms with Gasteiger partial charge in [0.15, 0.2) is 0 Å². The molecule has 0 radical (unpaired) electrons. The second kappa shape index (κ2) is 10.8. The molecule has 4 heteroatoms. The standard InChI is InChI=1S/C28H34N4/c1-19-9-7-10-20(2)27(19)31-23(5)29-17-25-13-15-26(16-14-25)18-30-24(6)32-28-21(3)11-8-12-22(28)4/h7-16H,17-18H2,1-6H3,(H,29,31)(H,30,32). The molecular weight excluding hydrogens is 392 g/mol. The summed E-state index contributed by atoms with van der Waals surface area (Å²) in [6.45, 7) is 13.8. The minimum atomic E-state index is 0.653. The SMILES string of the molecule is CC(=NCc1ccc(CN=C(C)Nc2c(C)cccc2C)cc1)Nc1c(C)cccc1C. The van der Waals surface area contributed by atoms with Gasteiger partial charge in [-0.15, -0.1) is 0 Å². The molecule has 0 aliphatic carbocycles. The lowest BCUT2D eigenvalue weighted by Gasteiger charge is -2.12. The highest BCUT2D eigenvalue weighted by Gasteiger charge is 2.04. The zero-order valence-electron chi connectivity index (χ0n) is 20.1. The van der Waals surface area contributed by atoms with Crippen molar-refractivity contribution in [3.63, 3.8) is 0 Å². The maximum atomic E-state index is 4.71. The van der Waals surface area contributed by atoms with Gasteiger partial charge in [-0.3, -0.25) is 9.98 Å². The van der Waals surface area contributed by atoms with E-state index in [0.717, 1.165) is 23.0 Å². The van der Waals surface area contributed by atoms with Crippen LogP contribution in [0.5, 0.6) is 0 Å². The van der Waals surface area contributed by atoms with Gasteiger partial charge in [-0.25, -0.2) is 0 Å². The second-order valence-corrected chi connectivity index (χ2v) is 8.40. The van der Waals surface area contributed by atoms with E-state index in [1.165, 1.54) is 33.4 Å². The predicted octanol–water partition coefficient (Wildman–Crippen LogP) is 6.98. The molecule has 0 amide bonds. The number of nitrogens with one attached hydrogen (secondary N) is 2. The van der Waals surface area contributed by atoms with Gasteiger partial charge < -0.3 is 10.6 Å². The first-order valence-corrected chi connectivity index (χ1v) is 11.1. The summed E-state index contributed by atoms with van der Waals surface area (Å²) in [7, 11) is 0. The molecule has 0 fully saturated rings. The lowest BCUT2D eigenvalue weighted by Crippen LogP contribution is -2.10. The summed E-state index contributed by atoms with van der Waals surface area (Å²) >= 11 is 0. The third-order valence-corrected chi connectivity index (χ3v) is 5.59. The van der Waals surface area contributed by atoms with Crippen molar-refractivity contribution in [2.45, 2.75) is 54.6 Å². The van der Waals surface area contributed by atoms with Crippen LogP contribution in [-0.2, 0) is 13.1 Å². The highest BCUT2D eigenvalue weighted by molar-refractivity contribution is 5.95. The van der Waals surface area contributed by atoms with Gasteiger partial charge in [0.2, 0.25) is 0 Å². The third kappa shape index (κ3) is 6.30. The first-order chi connectivity index (χ1) is 15.3. The summed E-state index contributed by atoms with van der Waals surface area (Å²) in [5.41, 5.74) is 9.58. The number of benzene rings is 3. The van der Waals surface area contributed by atoms with E-state index in [1.54, 1.807) is 0 Å². The van der Waals surface area contributed by atoms with E-state index in [0.29, 0.717) is 13.1 Å². The Balaban J connectivity index is 1.56. The van der Waals surface area contributed by atoms with Crippen molar-refractivity contribution in [1.29, 1.82) is 0 Å². The molecular formula is C28H34N4. The number of amidine groups is 2. The number of aryl methyl sites for hydroxylation is 4. The van der Waals surface area contributed by atoms with Gasteiger partial charge in [0.1, 0.15) is 0 Å². The van der Waals surface area contributed by atoms with E-state index in [9.17, 15) is 0 Å². The van der Waals surface area contributed by atoms with Crippen LogP contribution in [0, 0.1) is 27.7 Å². The van der Waals surface area contributed by atoms with Crippen LogP contribution in [0.3, 0.4) is 0 Å². The molecule has 4 nitrogen and oxygen atoms in total. The number of aliphatic imine (C=N–C) groups is 2. The van der Waals surface area contributed by atoms with Crippen LogP contribution in [0.2, 0.25) is 0 Å². The maximum absolute atomic E-state index is 4.71. The smallest absolute Gasteiger partial charge is 0.0979 e. The van der Waals surface area contributed by atoms with Crippen molar-refractivity contribution in [1.82, 2.24) is 0 Å². The Hall–Kier alpha value is -3.40. The normalized spacial score (nSPS) is 12.1. The molecule has 0 aromatic heterocycles. The van der Waals surface area contributed by atoms with E-state index >= 15 is 0 Å². The van der Waals surface area contributed by atoms with Crippen molar-refractivity contribution < 1.29 is 0 Å². The molecule has 0 atom stereocenters. The quantitative estimate of drug-likeness (QED) is 0.330. The first-order valence-electron chi connectivity index (χ1n) is 11.1. The van der Waals surface area contributed by atoms with Gasteiger partial charge in [0.05, 0.1) is 24.8 Å². The van der Waals surface area contributed by atoms with Crippen molar-refractivity contribution in [2.75, 3.05) is 10.6 Å². The fourth-order valence-electron chi connectivity index (χ4n) is 3.63. The Bertz CT molecular complexity index is 994. The summed E-state index contributed by atoms with van der Waals surface area (Å²) in [5.74, 6) is 1.84. The largest absolute Gasteiger partial charge is 0.344 e. The summed E-state index contributed by atoms with van der Waals surface area (Å²) < 4.78 is 0. The fourth-order valence-corrected chi connectivity index (χ4v) is 3.63. The molecule has 3 aromatic rings. The molecule has 0 aliphatic rings. The average Bonchev–Trinajstić information content (AvgIpc) is 2.77. The topological polar surface area (TPSA) is 48.8 Å². The predicted molar refractivity (Wildman–Crippen MR) is 139 cm³/mol. The summed E-state index contributed by atoms with van der Waals surface area (Å²) in [5, 5.41) is 6.89. The van der Waals surface area contributed by atoms with Gasteiger partial charge in [-0.05, 0) is 74.9 Å². The van der Waals surface area contributed by atoms with Crippen LogP contribution in [0.25, 0.3) is 0 Å². The highest BCUT2D eigenvalue weighted by atomic mass is 15.0. The van der Waals surface area contributed by atoms with Crippen LogP contribution < -0.4 is 10.6 Å². The fraction of sp³-hybridized carbons (Fsp3) is 0.286. The van der Waals surface area contributed by atoms with Gasteiger partial charge in [-0.1, -0.05) is 60.7 Å². The number of anilines is 2. The van der Waals surface area contributed by atoms with Crippen molar-refractivity contribution >= 4 is 23.0 Å². The van der Waals surface area contributed by atoms with E-state index in [-0.39, 0.29) is 0 Å². The lowest BCUT2D eigenvalue weighted by molar-refractivity contribution is 1.03. The lowest BCUT2D eigenvalue weighted by atomic mass is 10.1. The third-order valence-electron chi connectivity index (χ3n) is 5.59. The minimum absolute atomic E-state index is 0.653. The van der Waals surface area contributed by atoms with Gasteiger partial charge in [-0.2, -0.15) is 0 Å². The summed E-state index contributed by atoms with van der Waals surface area (Å²) in [6.07, 6.45) is 0. The molecule has 0 unspecified atom stereocenters. The molecule has 0 saturated heterocycles. The Morgan fingerprint density at radius 1 is 0.562 bits per heavy atom. The number of hydrogen-bond acceptors (Lipinski definition) is 2. The molecule has 3 aromatic carbocycles. The average molecular weight is 427 g/mol. The zero-order valence-corrected chi connectivity index (χ0v) is 20.1. The van der Waals surface area contributed by atoms with Gasteiger partial charge in [0.25, 0.3) is 0 Å². The summed E-state index contributed by atoms with van der Waals surface area (Å²) in [4.78, 5) is 9.41. The number of rotatable bonds is 6. The van der Waals surface area contributed by atoms with Crippen LogP contribution >= 0.6 is 0 Å². The summed E-state index contributed by atoms with van der Waals surface area (Å²) in [6, 6.07) is 21.1. The first kappa shape index (κ1) is 23.3. The molecule has 32 heavy (non-hydrogen) atoms. The van der Waals surface area contributed by atoms with E-state index in [1.807, 2.05) is 13.8 Å². The Kier molecular flexibility index (Phi) is 7.82. The van der Waals surface area contributed by atoms with Crippen LogP contribution in [-0.4, -0.2) is 11.7 Å². The molecule has 0 heterocycles. The number of para-hydroxylation sites is 2. The van der Waals surface area contributed by atoms with Crippen LogP contribution in [0.15, 0.2) is 70.6 Å². The van der Waals surface area contributed by atoms with Crippen molar-refractivity contribution in [2.24, 2.45) is 9.98 Å². The van der Waals surface area contributed by atoms with Crippen molar-refractivity contribution in [3.8, 4) is 0 Å². The number of hydrogen-bond donors (Lipinski definition) is 2. The van der Waals surface area contributed by atoms with Gasteiger partial charge >= 0.3 is 0 Å². The number of nitrogens with zero attached hydrogens (tertiary/aromatic N) is 2. The highest BCUT2D eigenvalue weighted by Crippen LogP contribution is 2.20. The van der Waals surface area contributed by atoms with Crippen molar-refractivity contribution in [3.05, 3.63) is 94.0 Å².